The van der Waals surface area contributed by atoms with Gasteiger partial charge >= 0.3 is 5.97 Å². The number of ether oxygens (including phenoxy) is 2. The zero-order chi connectivity index (χ0) is 33.8. The molecule has 4 aromatic rings. The number of aliphatic carboxylic acids is 1. The zero-order valence-electron chi connectivity index (χ0n) is 26.8. The van der Waals surface area contributed by atoms with Gasteiger partial charge in [0.15, 0.2) is 0 Å². The van der Waals surface area contributed by atoms with Crippen LogP contribution in [0, 0.1) is 5.92 Å². The van der Waals surface area contributed by atoms with Gasteiger partial charge in [0.25, 0.3) is 0 Å². The lowest BCUT2D eigenvalue weighted by molar-refractivity contribution is -0.141. The number of halogens is 2. The van der Waals surface area contributed by atoms with Crippen molar-refractivity contribution in [3.8, 4) is 45.4 Å². The van der Waals surface area contributed by atoms with E-state index < -0.39 is 5.97 Å². The molecule has 0 saturated carbocycles. The summed E-state index contributed by atoms with van der Waals surface area (Å²) in [5.74, 6) is -0.0583. The largest absolute Gasteiger partial charge is 0.481 e. The molecular weight excluding hydrogens is 653 g/mol. The molecule has 2 atom stereocenters. The van der Waals surface area contributed by atoms with Crippen molar-refractivity contribution in [3.05, 3.63) is 81.8 Å². The lowest BCUT2D eigenvalue weighted by Gasteiger charge is -2.18. The van der Waals surface area contributed by atoms with Crippen LogP contribution in [-0.4, -0.2) is 71.7 Å². The Labute approximate surface area is 289 Å². The molecule has 0 spiro atoms. The van der Waals surface area contributed by atoms with Crippen LogP contribution in [0.5, 0.6) is 11.8 Å². The Bertz CT molecular complexity index is 1840. The summed E-state index contributed by atoms with van der Waals surface area (Å²) < 4.78 is 11.3. The van der Waals surface area contributed by atoms with Gasteiger partial charge in [-0.05, 0) is 31.5 Å². The Kier molecular flexibility index (Phi) is 10.5. The van der Waals surface area contributed by atoms with Crippen molar-refractivity contribution in [2.24, 2.45) is 5.92 Å². The number of rotatable bonds is 12. The van der Waals surface area contributed by atoms with Crippen molar-refractivity contribution in [1.29, 1.82) is 0 Å². The van der Waals surface area contributed by atoms with Gasteiger partial charge in [-0.25, -0.2) is 9.97 Å². The first-order valence-corrected chi connectivity index (χ1v) is 16.6. The van der Waals surface area contributed by atoms with Gasteiger partial charge in [0.2, 0.25) is 17.7 Å². The highest BCUT2D eigenvalue weighted by molar-refractivity contribution is 6.39. The van der Waals surface area contributed by atoms with Crippen LogP contribution in [0.3, 0.4) is 0 Å². The Morgan fingerprint density at radius 3 is 2.02 bits per heavy atom. The summed E-state index contributed by atoms with van der Waals surface area (Å²) in [6.07, 6.45) is 2.03. The van der Waals surface area contributed by atoms with Crippen molar-refractivity contribution >= 4 is 35.1 Å². The van der Waals surface area contributed by atoms with E-state index in [0.717, 1.165) is 39.8 Å². The predicted octanol–water partition coefficient (Wildman–Crippen LogP) is 6.08. The van der Waals surface area contributed by atoms with Crippen LogP contribution < -0.4 is 20.1 Å². The molecule has 3 N–H and O–H groups in total. The minimum atomic E-state index is -0.760. The van der Waals surface area contributed by atoms with Crippen LogP contribution >= 0.6 is 23.2 Å². The summed E-state index contributed by atoms with van der Waals surface area (Å²) in [6.45, 7) is 2.97. The second-order valence-corrected chi connectivity index (χ2v) is 12.8. The number of likely N-dealkylation sites (tertiary alicyclic amines) is 1. The summed E-state index contributed by atoms with van der Waals surface area (Å²) >= 11 is 14.1. The number of carbonyl (C=O) groups is 2. The Morgan fingerprint density at radius 2 is 1.48 bits per heavy atom. The first kappa shape index (κ1) is 33.7. The molecule has 10 nitrogen and oxygen atoms in total. The third-order valence-electron chi connectivity index (χ3n) is 8.91. The first-order valence-electron chi connectivity index (χ1n) is 15.9. The lowest BCUT2D eigenvalue weighted by Crippen LogP contribution is -2.35. The van der Waals surface area contributed by atoms with Crippen molar-refractivity contribution in [3.63, 3.8) is 0 Å². The molecule has 0 bridgehead atoms. The van der Waals surface area contributed by atoms with E-state index in [2.05, 4.69) is 15.5 Å². The number of methoxy groups -OCH3 is 2. The highest BCUT2D eigenvalue weighted by atomic mass is 35.5. The van der Waals surface area contributed by atoms with Gasteiger partial charge in [-0.15, -0.1) is 0 Å². The maximum Gasteiger partial charge on any atom is 0.307 e. The molecule has 2 aliphatic rings. The fraction of sp³-hybridized carbons (Fsp3) is 0.333. The number of benzene rings is 2. The van der Waals surface area contributed by atoms with Crippen molar-refractivity contribution in [1.82, 2.24) is 25.5 Å². The molecule has 0 radical (unpaired) electrons. The van der Waals surface area contributed by atoms with Crippen LogP contribution in [0.2, 0.25) is 10.0 Å². The van der Waals surface area contributed by atoms with Crippen LogP contribution in [-0.2, 0) is 22.7 Å². The quantitative estimate of drug-likeness (QED) is 0.162. The number of hydrogen-bond acceptors (Lipinski definition) is 8. The smallest absolute Gasteiger partial charge is 0.307 e. The average molecular weight is 691 g/mol. The minimum absolute atomic E-state index is 0.0937. The van der Waals surface area contributed by atoms with Gasteiger partial charge in [0.1, 0.15) is 0 Å². The molecule has 4 heterocycles. The molecule has 0 unspecified atom stereocenters. The molecule has 250 valence electrons. The number of carbonyl (C=O) groups excluding carboxylic acids is 1. The summed E-state index contributed by atoms with van der Waals surface area (Å²) in [7, 11) is 3.17. The molecule has 12 heteroatoms. The van der Waals surface area contributed by atoms with Gasteiger partial charge in [0, 0.05) is 72.0 Å². The number of nitrogens with zero attached hydrogens (tertiary/aromatic N) is 3. The number of carboxylic acids is 1. The third-order valence-corrected chi connectivity index (χ3v) is 9.73. The van der Waals surface area contributed by atoms with E-state index >= 15 is 0 Å². The Morgan fingerprint density at radius 1 is 0.896 bits per heavy atom. The molecule has 0 aliphatic carbocycles. The number of hydrogen-bond donors (Lipinski definition) is 3. The van der Waals surface area contributed by atoms with Gasteiger partial charge < -0.3 is 25.2 Å². The Hall–Kier alpha value is -4.22. The van der Waals surface area contributed by atoms with E-state index in [-0.39, 0.29) is 17.9 Å². The highest BCUT2D eigenvalue weighted by Gasteiger charge is 2.29. The second-order valence-electron chi connectivity index (χ2n) is 12.1. The second kappa shape index (κ2) is 14.9. The van der Waals surface area contributed by atoms with E-state index in [9.17, 15) is 14.7 Å². The molecule has 2 saturated heterocycles. The van der Waals surface area contributed by atoms with Gasteiger partial charge in [0.05, 0.1) is 41.6 Å². The van der Waals surface area contributed by atoms with Crippen molar-refractivity contribution in [2.45, 2.75) is 38.4 Å². The van der Waals surface area contributed by atoms with Crippen LogP contribution in [0.1, 0.15) is 30.4 Å². The predicted molar refractivity (Wildman–Crippen MR) is 185 cm³/mol. The summed E-state index contributed by atoms with van der Waals surface area (Å²) in [4.78, 5) is 34.6. The van der Waals surface area contributed by atoms with Crippen LogP contribution in [0.25, 0.3) is 33.6 Å². The van der Waals surface area contributed by atoms with Gasteiger partial charge in [-0.1, -0.05) is 71.7 Å². The fourth-order valence-electron chi connectivity index (χ4n) is 6.35. The monoisotopic (exact) mass is 689 g/mol. The highest BCUT2D eigenvalue weighted by Crippen LogP contribution is 2.42. The number of carboxylic acid groups (broad SMARTS) is 1. The van der Waals surface area contributed by atoms with E-state index in [4.69, 9.17) is 42.6 Å². The molecule has 2 aliphatic heterocycles. The van der Waals surface area contributed by atoms with E-state index in [1.807, 2.05) is 60.7 Å². The average Bonchev–Trinajstić information content (AvgIpc) is 3.74. The number of aromatic nitrogens is 2. The molecule has 2 aromatic heterocycles. The van der Waals surface area contributed by atoms with Crippen LogP contribution in [0.15, 0.2) is 60.7 Å². The molecule has 6 rings (SSSR count). The summed E-state index contributed by atoms with van der Waals surface area (Å²) in [5, 5.41) is 16.7. The fourth-order valence-corrected chi connectivity index (χ4v) is 7.00. The standard InChI is InChI=1S/C36H37Cl2N5O5/c1-47-34-21(17-39-18-24-11-14-31(44)40-24)9-12-29(41-34)27-7-3-5-25(32(27)37)26-6-4-8-28(33(26)38)30-13-10-22(35(42-30)48-2)19-43-16-15-23(20-43)36(45)46/h3-10,12-13,23-24,39H,11,14-20H2,1-2H3,(H,40,44)(H,45,46)/t23-,24-/m0/s1. The normalized spacial score (nSPS) is 17.8. The molecule has 48 heavy (non-hydrogen) atoms. The molecular formula is C36H37Cl2N5O5. The maximum absolute atomic E-state index is 11.5. The van der Waals surface area contributed by atoms with E-state index in [1.54, 1.807) is 14.2 Å². The third kappa shape index (κ3) is 7.27. The maximum atomic E-state index is 11.5. The van der Waals surface area contributed by atoms with E-state index in [1.165, 1.54) is 0 Å². The lowest BCUT2D eigenvalue weighted by atomic mass is 9.98. The SMILES string of the molecule is COc1nc(-c2cccc(-c3cccc(-c4ccc(CN5CC[C@H](C(=O)O)C5)c(OC)n4)c3Cl)c2Cl)ccc1CNC[C@@H]1CCC(=O)N1. The Balaban J connectivity index is 1.23. The first-order chi connectivity index (χ1) is 23.2. The van der Waals surface area contributed by atoms with E-state index in [0.29, 0.717) is 78.8 Å². The molecule has 2 aromatic carbocycles. The topological polar surface area (TPSA) is 126 Å². The van der Waals surface area contributed by atoms with Gasteiger partial charge in [-0.3, -0.25) is 14.5 Å². The summed E-state index contributed by atoms with van der Waals surface area (Å²) in [5.41, 5.74) is 6.03. The van der Waals surface area contributed by atoms with Gasteiger partial charge in [-0.2, -0.15) is 0 Å². The number of pyridine rings is 2. The van der Waals surface area contributed by atoms with Crippen molar-refractivity contribution in [2.75, 3.05) is 33.9 Å². The molecule has 2 fully saturated rings. The summed E-state index contributed by atoms with van der Waals surface area (Å²) in [6, 6.07) is 19.4. The number of nitrogens with one attached hydrogen (secondary N) is 2. The van der Waals surface area contributed by atoms with Crippen molar-refractivity contribution < 1.29 is 24.2 Å². The molecule has 1 amide bonds. The minimum Gasteiger partial charge on any atom is -0.481 e. The number of amides is 1. The van der Waals surface area contributed by atoms with Crippen LogP contribution in [0.4, 0.5) is 0 Å². The zero-order valence-corrected chi connectivity index (χ0v) is 28.3.